The Hall–Kier alpha value is -3.72. The standard InChI is InChI=1S/C20H15N3O3/c1-22-19(25)14-9-6-13(7-10-14)8-11-17(24)15(12-21)20-23-16-4-2-3-5-18(16)26-20/h2-11,15H,1H3,(H,22,25)/b11-8-/t15-/m1/s1. The molecule has 1 aromatic heterocycles. The molecular weight excluding hydrogens is 330 g/mol. The van der Waals surface area contributed by atoms with Gasteiger partial charge in [-0.1, -0.05) is 30.3 Å². The number of hydrogen-bond acceptors (Lipinski definition) is 5. The molecule has 3 aromatic rings. The van der Waals surface area contributed by atoms with E-state index in [-0.39, 0.29) is 11.8 Å². The molecule has 6 nitrogen and oxygen atoms in total. The summed E-state index contributed by atoms with van der Waals surface area (Å²) in [6.45, 7) is 0. The second-order valence-corrected chi connectivity index (χ2v) is 5.52. The molecule has 0 saturated heterocycles. The lowest BCUT2D eigenvalue weighted by Gasteiger charge is -2.01. The van der Waals surface area contributed by atoms with Crippen molar-refractivity contribution in [1.82, 2.24) is 10.3 Å². The normalized spacial score (nSPS) is 12.0. The average molecular weight is 345 g/mol. The van der Waals surface area contributed by atoms with E-state index in [1.54, 1.807) is 61.7 Å². The van der Waals surface area contributed by atoms with Crippen molar-refractivity contribution in [3.8, 4) is 6.07 Å². The second-order valence-electron chi connectivity index (χ2n) is 5.52. The van der Waals surface area contributed by atoms with Crippen LogP contribution in [-0.2, 0) is 4.79 Å². The van der Waals surface area contributed by atoms with Crippen LogP contribution in [0, 0.1) is 11.3 Å². The Kier molecular flexibility index (Phi) is 4.90. The molecule has 0 unspecified atom stereocenters. The summed E-state index contributed by atoms with van der Waals surface area (Å²) in [5, 5.41) is 11.9. The summed E-state index contributed by atoms with van der Waals surface area (Å²) in [5.74, 6) is -1.63. The van der Waals surface area contributed by atoms with Gasteiger partial charge in [-0.15, -0.1) is 0 Å². The van der Waals surface area contributed by atoms with Gasteiger partial charge in [0.05, 0.1) is 6.07 Å². The van der Waals surface area contributed by atoms with E-state index in [0.29, 0.717) is 16.7 Å². The van der Waals surface area contributed by atoms with Crippen LogP contribution in [0.5, 0.6) is 0 Å². The van der Waals surface area contributed by atoms with Gasteiger partial charge in [0.1, 0.15) is 5.52 Å². The molecular formula is C20H15N3O3. The third-order valence-corrected chi connectivity index (χ3v) is 3.81. The zero-order chi connectivity index (χ0) is 18.5. The number of benzene rings is 2. The molecule has 0 aliphatic carbocycles. The summed E-state index contributed by atoms with van der Waals surface area (Å²) in [6.07, 6.45) is 2.90. The first-order valence-electron chi connectivity index (χ1n) is 7.91. The van der Waals surface area contributed by atoms with Crippen LogP contribution in [0.15, 0.2) is 59.0 Å². The van der Waals surface area contributed by atoms with Gasteiger partial charge in [-0.05, 0) is 35.9 Å². The number of fused-ring (bicyclic) bond motifs is 1. The summed E-state index contributed by atoms with van der Waals surface area (Å²) in [5.41, 5.74) is 2.39. The van der Waals surface area contributed by atoms with E-state index in [2.05, 4.69) is 10.3 Å². The topological polar surface area (TPSA) is 96.0 Å². The minimum Gasteiger partial charge on any atom is -0.439 e. The van der Waals surface area contributed by atoms with E-state index in [1.165, 1.54) is 6.08 Å². The van der Waals surface area contributed by atoms with Crippen LogP contribution in [0.3, 0.4) is 0 Å². The number of nitriles is 1. The molecule has 0 saturated carbocycles. The molecule has 3 rings (SSSR count). The van der Waals surface area contributed by atoms with Crippen molar-refractivity contribution in [2.75, 3.05) is 7.05 Å². The zero-order valence-corrected chi connectivity index (χ0v) is 14.0. The van der Waals surface area contributed by atoms with Crippen LogP contribution in [0.25, 0.3) is 17.2 Å². The Labute approximate surface area is 149 Å². The first kappa shape index (κ1) is 17.1. The number of rotatable bonds is 5. The van der Waals surface area contributed by atoms with E-state index in [1.807, 2.05) is 6.07 Å². The molecule has 128 valence electrons. The van der Waals surface area contributed by atoms with Gasteiger partial charge in [0.15, 0.2) is 17.3 Å². The number of aromatic nitrogens is 1. The van der Waals surface area contributed by atoms with Crippen molar-refractivity contribution < 1.29 is 14.0 Å². The monoisotopic (exact) mass is 345 g/mol. The van der Waals surface area contributed by atoms with Crippen LogP contribution in [-0.4, -0.2) is 23.7 Å². The number of carbonyl (C=O) groups is 2. The van der Waals surface area contributed by atoms with E-state index in [0.717, 1.165) is 5.56 Å². The van der Waals surface area contributed by atoms with Crippen molar-refractivity contribution in [2.24, 2.45) is 0 Å². The largest absolute Gasteiger partial charge is 0.439 e. The molecule has 0 aliphatic rings. The van der Waals surface area contributed by atoms with Gasteiger partial charge in [0.2, 0.25) is 5.89 Å². The van der Waals surface area contributed by atoms with E-state index in [4.69, 9.17) is 4.42 Å². The van der Waals surface area contributed by atoms with Crippen molar-refractivity contribution in [1.29, 1.82) is 5.26 Å². The first-order valence-corrected chi connectivity index (χ1v) is 7.91. The Morgan fingerprint density at radius 1 is 1.19 bits per heavy atom. The Morgan fingerprint density at radius 3 is 2.58 bits per heavy atom. The number of hydrogen-bond donors (Lipinski definition) is 1. The lowest BCUT2D eigenvalue weighted by Crippen LogP contribution is -2.17. The number of para-hydroxylation sites is 2. The molecule has 1 N–H and O–H groups in total. The van der Waals surface area contributed by atoms with Gasteiger partial charge >= 0.3 is 0 Å². The highest BCUT2D eigenvalue weighted by molar-refractivity contribution is 6.00. The highest BCUT2D eigenvalue weighted by Gasteiger charge is 2.23. The predicted molar refractivity (Wildman–Crippen MR) is 96.2 cm³/mol. The molecule has 1 amide bonds. The number of nitrogens with zero attached hydrogens (tertiary/aromatic N) is 2. The van der Waals surface area contributed by atoms with Gasteiger partial charge in [0, 0.05) is 12.6 Å². The molecule has 0 fully saturated rings. The van der Waals surface area contributed by atoms with Crippen molar-refractivity contribution in [3.05, 3.63) is 71.6 Å². The number of amides is 1. The van der Waals surface area contributed by atoms with Gasteiger partial charge in [0.25, 0.3) is 5.91 Å². The van der Waals surface area contributed by atoms with Gasteiger partial charge in [-0.25, -0.2) is 4.98 Å². The maximum atomic E-state index is 12.4. The van der Waals surface area contributed by atoms with E-state index in [9.17, 15) is 14.9 Å². The number of carbonyl (C=O) groups excluding carboxylic acids is 2. The Bertz CT molecular complexity index is 993. The number of nitrogens with one attached hydrogen (secondary N) is 1. The summed E-state index contributed by atoms with van der Waals surface area (Å²) in [4.78, 5) is 28.1. The van der Waals surface area contributed by atoms with E-state index < -0.39 is 11.7 Å². The number of allylic oxidation sites excluding steroid dienone is 1. The molecule has 0 radical (unpaired) electrons. The maximum Gasteiger partial charge on any atom is 0.251 e. The first-order chi connectivity index (χ1) is 12.6. The summed E-state index contributed by atoms with van der Waals surface area (Å²) < 4.78 is 5.52. The van der Waals surface area contributed by atoms with Crippen LogP contribution < -0.4 is 5.32 Å². The van der Waals surface area contributed by atoms with Crippen molar-refractivity contribution in [2.45, 2.75) is 5.92 Å². The zero-order valence-electron chi connectivity index (χ0n) is 14.0. The highest BCUT2D eigenvalue weighted by Crippen LogP contribution is 2.22. The second kappa shape index (κ2) is 7.45. The highest BCUT2D eigenvalue weighted by atomic mass is 16.3. The van der Waals surface area contributed by atoms with Crippen molar-refractivity contribution in [3.63, 3.8) is 0 Å². The average Bonchev–Trinajstić information content (AvgIpc) is 3.10. The molecule has 1 heterocycles. The molecule has 6 heteroatoms. The van der Waals surface area contributed by atoms with Crippen molar-refractivity contribution >= 4 is 28.9 Å². The minimum atomic E-state index is -1.11. The molecule has 0 bridgehead atoms. The van der Waals surface area contributed by atoms with Gasteiger partial charge in [-0.3, -0.25) is 9.59 Å². The molecule has 0 aliphatic heterocycles. The van der Waals surface area contributed by atoms with E-state index >= 15 is 0 Å². The molecule has 2 aromatic carbocycles. The van der Waals surface area contributed by atoms with Gasteiger partial charge < -0.3 is 9.73 Å². The van der Waals surface area contributed by atoms with Crippen LogP contribution in [0.4, 0.5) is 0 Å². The molecule has 1 atom stereocenters. The SMILES string of the molecule is CNC(=O)c1ccc(/C=C\C(=O)[C@@H](C#N)c2nc3ccccc3o2)cc1. The fourth-order valence-corrected chi connectivity index (χ4v) is 2.42. The van der Waals surface area contributed by atoms with Crippen LogP contribution in [0.2, 0.25) is 0 Å². The Morgan fingerprint density at radius 2 is 1.92 bits per heavy atom. The Balaban J connectivity index is 1.77. The fourth-order valence-electron chi connectivity index (χ4n) is 2.42. The lowest BCUT2D eigenvalue weighted by molar-refractivity contribution is -0.115. The predicted octanol–water partition coefficient (Wildman–Crippen LogP) is 3.08. The van der Waals surface area contributed by atoms with Crippen LogP contribution in [0.1, 0.15) is 27.7 Å². The molecule has 0 spiro atoms. The fraction of sp³-hybridized carbons (Fsp3) is 0.100. The smallest absolute Gasteiger partial charge is 0.251 e. The maximum absolute atomic E-state index is 12.4. The third kappa shape index (κ3) is 3.52. The summed E-state index contributed by atoms with van der Waals surface area (Å²) in [6, 6.07) is 15.8. The van der Waals surface area contributed by atoms with Gasteiger partial charge in [-0.2, -0.15) is 5.26 Å². The van der Waals surface area contributed by atoms with Crippen LogP contribution >= 0.6 is 0 Å². The lowest BCUT2D eigenvalue weighted by atomic mass is 10.0. The molecule has 26 heavy (non-hydrogen) atoms. The quantitative estimate of drug-likeness (QED) is 0.717. The third-order valence-electron chi connectivity index (χ3n) is 3.81. The summed E-state index contributed by atoms with van der Waals surface area (Å²) in [7, 11) is 1.56. The number of ketones is 1. The summed E-state index contributed by atoms with van der Waals surface area (Å²) >= 11 is 0. The number of oxazole rings is 1. The minimum absolute atomic E-state index is 0.0818.